The number of carbonyl (C=O) groups excluding carboxylic acids is 3. The summed E-state index contributed by atoms with van der Waals surface area (Å²) in [5, 5.41) is 2.44. The lowest BCUT2D eigenvalue weighted by Crippen LogP contribution is -2.61. The first kappa shape index (κ1) is 13.0. The summed E-state index contributed by atoms with van der Waals surface area (Å²) < 4.78 is 0. The zero-order chi connectivity index (χ0) is 13.8. The van der Waals surface area contributed by atoms with Gasteiger partial charge in [-0.2, -0.15) is 0 Å². The van der Waals surface area contributed by atoms with Crippen molar-refractivity contribution in [3.8, 4) is 0 Å². The molecule has 1 fully saturated rings. The Kier molecular flexibility index (Phi) is 3.75. The Morgan fingerprint density at radius 1 is 1.21 bits per heavy atom. The largest absolute Gasteiger partial charge is 0.336 e. The molecule has 1 N–H and O–H groups in total. The molecule has 0 radical (unpaired) electrons. The third-order valence-corrected chi connectivity index (χ3v) is 2.90. The molecule has 1 unspecified atom stereocenters. The van der Waals surface area contributed by atoms with E-state index in [1.165, 1.54) is 6.08 Å². The number of nitrogens with one attached hydrogen (secondary N) is 1. The van der Waals surface area contributed by atoms with Crippen molar-refractivity contribution in [3.05, 3.63) is 48.6 Å². The van der Waals surface area contributed by atoms with E-state index in [9.17, 15) is 14.4 Å². The Morgan fingerprint density at radius 3 is 2.53 bits per heavy atom. The summed E-state index contributed by atoms with van der Waals surface area (Å²) in [6.07, 6.45) is 1.79. The van der Waals surface area contributed by atoms with Gasteiger partial charge in [-0.3, -0.25) is 19.3 Å². The molecule has 0 aliphatic carbocycles. The molecule has 0 spiro atoms. The van der Waals surface area contributed by atoms with E-state index in [-0.39, 0.29) is 6.54 Å². The molecule has 1 atom stereocenters. The number of imide groups is 1. The van der Waals surface area contributed by atoms with E-state index in [4.69, 9.17) is 0 Å². The van der Waals surface area contributed by atoms with E-state index in [0.29, 0.717) is 6.42 Å². The first-order valence-corrected chi connectivity index (χ1v) is 5.94. The van der Waals surface area contributed by atoms with Crippen LogP contribution in [0.2, 0.25) is 0 Å². The maximum Gasteiger partial charge on any atom is 0.318 e. The van der Waals surface area contributed by atoms with Crippen LogP contribution in [0.5, 0.6) is 0 Å². The minimum Gasteiger partial charge on any atom is -0.336 e. The van der Waals surface area contributed by atoms with Gasteiger partial charge in [-0.1, -0.05) is 36.4 Å². The van der Waals surface area contributed by atoms with Crippen LogP contribution in [0.3, 0.4) is 0 Å². The second-order valence-electron chi connectivity index (χ2n) is 4.26. The third kappa shape index (κ3) is 2.70. The predicted octanol–water partition coefficient (Wildman–Crippen LogP) is 0.269. The molecule has 1 aliphatic heterocycles. The molecule has 5 heteroatoms. The standard InChI is InChI=1S/C14H14N2O3/c1-2-8-16-13(18)11(15-12(17)14(16)19)9-10-6-4-3-5-7-10/h2-7,11H,1,8-9H2,(H,15,17). The van der Waals surface area contributed by atoms with Crippen molar-refractivity contribution in [3.63, 3.8) is 0 Å². The van der Waals surface area contributed by atoms with Crippen LogP contribution >= 0.6 is 0 Å². The second-order valence-corrected chi connectivity index (χ2v) is 4.26. The molecule has 3 amide bonds. The Labute approximate surface area is 110 Å². The quantitative estimate of drug-likeness (QED) is 0.479. The van der Waals surface area contributed by atoms with Crippen molar-refractivity contribution in [1.82, 2.24) is 10.2 Å². The fourth-order valence-corrected chi connectivity index (χ4v) is 1.98. The van der Waals surface area contributed by atoms with E-state index in [0.717, 1.165) is 10.5 Å². The maximum atomic E-state index is 12.1. The molecule has 0 bridgehead atoms. The number of piperazine rings is 1. The average Bonchev–Trinajstić information content (AvgIpc) is 2.42. The van der Waals surface area contributed by atoms with Gasteiger partial charge in [0.05, 0.1) is 0 Å². The van der Waals surface area contributed by atoms with Crippen LogP contribution in [0.1, 0.15) is 5.56 Å². The summed E-state index contributed by atoms with van der Waals surface area (Å²) in [6, 6.07) is 8.63. The van der Waals surface area contributed by atoms with Gasteiger partial charge in [0.15, 0.2) is 0 Å². The van der Waals surface area contributed by atoms with Crippen molar-refractivity contribution in [2.45, 2.75) is 12.5 Å². The van der Waals surface area contributed by atoms with E-state index < -0.39 is 23.8 Å². The number of hydrogen-bond acceptors (Lipinski definition) is 3. The molecule has 19 heavy (non-hydrogen) atoms. The SMILES string of the molecule is C=CCN1C(=O)C(=O)NC(Cc2ccccc2)C1=O. The van der Waals surface area contributed by atoms with Crippen molar-refractivity contribution >= 4 is 17.7 Å². The van der Waals surface area contributed by atoms with Gasteiger partial charge >= 0.3 is 11.8 Å². The fraction of sp³-hybridized carbons (Fsp3) is 0.214. The number of rotatable bonds is 4. The van der Waals surface area contributed by atoms with Crippen LogP contribution in [0, 0.1) is 0 Å². The number of amides is 3. The molecule has 2 rings (SSSR count). The summed E-state index contributed by atoms with van der Waals surface area (Å²) in [5.41, 5.74) is 0.925. The molecule has 1 saturated heterocycles. The molecular formula is C14H14N2O3. The minimum atomic E-state index is -0.825. The molecule has 5 nitrogen and oxygen atoms in total. The number of carbonyl (C=O) groups is 3. The van der Waals surface area contributed by atoms with Gasteiger partial charge < -0.3 is 5.32 Å². The van der Waals surface area contributed by atoms with Gasteiger partial charge in [-0.15, -0.1) is 6.58 Å². The minimum absolute atomic E-state index is 0.0520. The highest BCUT2D eigenvalue weighted by molar-refractivity contribution is 6.40. The molecule has 0 saturated carbocycles. The Hall–Kier alpha value is -2.43. The summed E-state index contributed by atoms with van der Waals surface area (Å²) >= 11 is 0. The second kappa shape index (κ2) is 5.48. The zero-order valence-corrected chi connectivity index (χ0v) is 10.3. The summed E-state index contributed by atoms with van der Waals surface area (Å²) in [7, 11) is 0. The molecule has 1 aromatic carbocycles. The van der Waals surface area contributed by atoms with Crippen LogP contribution in [0.25, 0.3) is 0 Å². The van der Waals surface area contributed by atoms with Crippen molar-refractivity contribution in [1.29, 1.82) is 0 Å². The highest BCUT2D eigenvalue weighted by atomic mass is 16.2. The molecule has 0 aromatic heterocycles. The van der Waals surface area contributed by atoms with Crippen molar-refractivity contribution < 1.29 is 14.4 Å². The van der Waals surface area contributed by atoms with Gasteiger partial charge in [0.25, 0.3) is 5.91 Å². The normalized spacial score (nSPS) is 19.3. The van der Waals surface area contributed by atoms with E-state index >= 15 is 0 Å². The van der Waals surface area contributed by atoms with Crippen LogP contribution < -0.4 is 5.32 Å². The van der Waals surface area contributed by atoms with E-state index in [2.05, 4.69) is 11.9 Å². The van der Waals surface area contributed by atoms with Gasteiger partial charge in [-0.25, -0.2) is 0 Å². The Morgan fingerprint density at radius 2 is 1.89 bits per heavy atom. The lowest BCUT2D eigenvalue weighted by atomic mass is 10.0. The maximum absolute atomic E-state index is 12.1. The molecule has 1 heterocycles. The average molecular weight is 258 g/mol. The van der Waals surface area contributed by atoms with Gasteiger partial charge in [-0.05, 0) is 5.56 Å². The Bertz CT molecular complexity index is 525. The molecule has 1 aliphatic rings. The monoisotopic (exact) mass is 258 g/mol. The lowest BCUT2D eigenvalue weighted by Gasteiger charge is -2.30. The van der Waals surface area contributed by atoms with Crippen LogP contribution in [-0.2, 0) is 20.8 Å². The summed E-state index contributed by atoms with van der Waals surface area (Å²) in [5.74, 6) is -1.97. The van der Waals surface area contributed by atoms with Gasteiger partial charge in [0.2, 0.25) is 0 Å². The number of nitrogens with zero attached hydrogens (tertiary/aromatic N) is 1. The summed E-state index contributed by atoms with van der Waals surface area (Å²) in [6.45, 7) is 3.53. The topological polar surface area (TPSA) is 66.5 Å². The molecular weight excluding hydrogens is 244 g/mol. The first-order valence-electron chi connectivity index (χ1n) is 5.94. The fourth-order valence-electron chi connectivity index (χ4n) is 1.98. The molecule has 98 valence electrons. The smallest absolute Gasteiger partial charge is 0.318 e. The van der Waals surface area contributed by atoms with E-state index in [1.807, 2.05) is 30.3 Å². The van der Waals surface area contributed by atoms with Crippen LogP contribution in [0.15, 0.2) is 43.0 Å². The van der Waals surface area contributed by atoms with Gasteiger partial charge in [0.1, 0.15) is 6.04 Å². The highest BCUT2D eigenvalue weighted by Gasteiger charge is 2.38. The van der Waals surface area contributed by atoms with Crippen LogP contribution in [0.4, 0.5) is 0 Å². The number of hydrogen-bond donors (Lipinski definition) is 1. The third-order valence-electron chi connectivity index (χ3n) is 2.90. The predicted molar refractivity (Wildman–Crippen MR) is 69.0 cm³/mol. The lowest BCUT2D eigenvalue weighted by molar-refractivity contribution is -0.157. The van der Waals surface area contributed by atoms with Gasteiger partial charge in [0, 0.05) is 13.0 Å². The first-order chi connectivity index (χ1) is 9.13. The zero-order valence-electron chi connectivity index (χ0n) is 10.3. The summed E-state index contributed by atoms with van der Waals surface area (Å²) in [4.78, 5) is 36.2. The van der Waals surface area contributed by atoms with Crippen molar-refractivity contribution in [2.24, 2.45) is 0 Å². The van der Waals surface area contributed by atoms with Crippen molar-refractivity contribution in [2.75, 3.05) is 6.54 Å². The number of benzene rings is 1. The molecule has 1 aromatic rings. The van der Waals surface area contributed by atoms with E-state index in [1.54, 1.807) is 0 Å². The Balaban J connectivity index is 2.17. The highest BCUT2D eigenvalue weighted by Crippen LogP contribution is 2.10. The van der Waals surface area contributed by atoms with Crippen LogP contribution in [-0.4, -0.2) is 35.2 Å².